The average Bonchev–Trinajstić information content (AvgIpc) is 3.11. The molecule has 0 amide bonds. The highest BCUT2D eigenvalue weighted by atomic mass is 32.2. The first kappa shape index (κ1) is 17.6. The number of ether oxygens (including phenoxy) is 3. The lowest BCUT2D eigenvalue weighted by Gasteiger charge is -2.40. The van der Waals surface area contributed by atoms with Crippen molar-refractivity contribution in [3.8, 4) is 28.4 Å². The average molecular weight is 402 g/mol. The number of hydrogen-bond donors (Lipinski definition) is 1. The maximum Gasteiger partial charge on any atom is 0.231 e. The molecule has 2 aromatic rings. The van der Waals surface area contributed by atoms with E-state index in [-0.39, 0.29) is 12.8 Å². The lowest BCUT2D eigenvalue weighted by atomic mass is 9.76. The van der Waals surface area contributed by atoms with E-state index in [1.807, 2.05) is 12.1 Å². The lowest BCUT2D eigenvalue weighted by Crippen LogP contribution is -2.35. The highest BCUT2D eigenvalue weighted by Gasteiger charge is 2.39. The molecule has 1 N–H and O–H groups in total. The largest absolute Gasteiger partial charge is 0.495 e. The van der Waals surface area contributed by atoms with Crippen molar-refractivity contribution in [1.82, 2.24) is 4.90 Å². The van der Waals surface area contributed by atoms with Crippen molar-refractivity contribution < 1.29 is 22.6 Å². The molecule has 0 radical (unpaired) electrons. The third kappa shape index (κ3) is 2.55. The van der Waals surface area contributed by atoms with Crippen LogP contribution in [0, 0.1) is 0 Å². The van der Waals surface area contributed by atoms with E-state index in [9.17, 15) is 8.42 Å². The second kappa shape index (κ2) is 6.02. The fourth-order valence-electron chi connectivity index (χ4n) is 4.62. The van der Waals surface area contributed by atoms with E-state index in [4.69, 9.17) is 14.2 Å². The SMILES string of the molecule is COc1ccc2c(c1NS(C)(=O)=O)-c1c3c(cc4c1[C@H](C2)N(C)CC4)OCO3. The minimum absolute atomic E-state index is 0.167. The van der Waals surface area contributed by atoms with Crippen LogP contribution in [0.25, 0.3) is 11.1 Å². The summed E-state index contributed by atoms with van der Waals surface area (Å²) in [5.74, 6) is 1.89. The molecule has 28 heavy (non-hydrogen) atoms. The van der Waals surface area contributed by atoms with E-state index in [0.29, 0.717) is 17.2 Å². The van der Waals surface area contributed by atoms with Gasteiger partial charge in [-0.2, -0.15) is 0 Å². The van der Waals surface area contributed by atoms with Gasteiger partial charge in [0, 0.05) is 23.7 Å². The molecular formula is C20H22N2O5S. The molecule has 8 heteroatoms. The number of rotatable bonds is 3. The third-order valence-electron chi connectivity index (χ3n) is 5.81. The number of methoxy groups -OCH3 is 1. The van der Waals surface area contributed by atoms with Gasteiger partial charge in [0.1, 0.15) is 5.75 Å². The van der Waals surface area contributed by atoms with E-state index in [1.54, 1.807) is 7.11 Å². The Balaban J connectivity index is 1.87. The Labute approximate surface area is 164 Å². The van der Waals surface area contributed by atoms with Gasteiger partial charge in [-0.25, -0.2) is 8.42 Å². The number of nitrogens with zero attached hydrogens (tertiary/aromatic N) is 1. The van der Waals surface area contributed by atoms with E-state index in [1.165, 1.54) is 11.1 Å². The number of benzene rings is 2. The maximum absolute atomic E-state index is 12.1. The highest BCUT2D eigenvalue weighted by molar-refractivity contribution is 7.92. The Morgan fingerprint density at radius 3 is 2.79 bits per heavy atom. The van der Waals surface area contributed by atoms with Gasteiger partial charge in [-0.05, 0) is 48.7 Å². The number of sulfonamides is 1. The van der Waals surface area contributed by atoms with Crippen LogP contribution < -0.4 is 18.9 Å². The van der Waals surface area contributed by atoms with Crippen molar-refractivity contribution in [2.24, 2.45) is 0 Å². The van der Waals surface area contributed by atoms with Crippen molar-refractivity contribution in [2.75, 3.05) is 38.5 Å². The number of fused-ring (bicyclic) bond motifs is 4. The fraction of sp³-hybridized carbons (Fsp3) is 0.400. The van der Waals surface area contributed by atoms with Gasteiger partial charge in [-0.15, -0.1) is 0 Å². The monoisotopic (exact) mass is 402 g/mol. The molecule has 0 bridgehead atoms. The summed E-state index contributed by atoms with van der Waals surface area (Å²) in [6, 6.07) is 6.14. The van der Waals surface area contributed by atoms with Gasteiger partial charge >= 0.3 is 0 Å². The predicted molar refractivity (Wildman–Crippen MR) is 106 cm³/mol. The summed E-state index contributed by atoms with van der Waals surface area (Å²) in [7, 11) is 0.174. The van der Waals surface area contributed by atoms with E-state index >= 15 is 0 Å². The molecule has 7 nitrogen and oxygen atoms in total. The van der Waals surface area contributed by atoms with Gasteiger partial charge in [0.25, 0.3) is 0 Å². The zero-order valence-electron chi connectivity index (χ0n) is 16.0. The normalized spacial score (nSPS) is 19.8. The smallest absolute Gasteiger partial charge is 0.231 e. The van der Waals surface area contributed by atoms with Crippen molar-refractivity contribution in [1.29, 1.82) is 0 Å². The predicted octanol–water partition coefficient (Wildman–Crippen LogP) is 2.55. The van der Waals surface area contributed by atoms with Crippen LogP contribution in [0.15, 0.2) is 18.2 Å². The number of likely N-dealkylation sites (N-methyl/N-ethyl adjacent to an activating group) is 1. The van der Waals surface area contributed by atoms with Crippen LogP contribution in [0.1, 0.15) is 22.7 Å². The maximum atomic E-state index is 12.1. The molecule has 0 saturated heterocycles. The third-order valence-corrected chi connectivity index (χ3v) is 6.39. The minimum atomic E-state index is -3.50. The van der Waals surface area contributed by atoms with Crippen molar-refractivity contribution in [3.63, 3.8) is 0 Å². The molecule has 0 unspecified atom stereocenters. The van der Waals surface area contributed by atoms with Crippen molar-refractivity contribution >= 4 is 15.7 Å². The van der Waals surface area contributed by atoms with Crippen LogP contribution in [-0.4, -0.2) is 47.1 Å². The zero-order valence-corrected chi connectivity index (χ0v) is 16.9. The Morgan fingerprint density at radius 1 is 1.21 bits per heavy atom. The topological polar surface area (TPSA) is 77.1 Å². The number of nitrogens with one attached hydrogen (secondary N) is 1. The molecule has 0 aromatic heterocycles. The first-order valence-electron chi connectivity index (χ1n) is 9.21. The van der Waals surface area contributed by atoms with Crippen LogP contribution in [0.5, 0.6) is 17.2 Å². The first-order valence-corrected chi connectivity index (χ1v) is 11.1. The van der Waals surface area contributed by atoms with Crippen LogP contribution >= 0.6 is 0 Å². The molecule has 148 valence electrons. The Morgan fingerprint density at radius 2 is 2.04 bits per heavy atom. The summed E-state index contributed by atoms with van der Waals surface area (Å²) in [6.45, 7) is 1.14. The Bertz CT molecular complexity index is 1100. The van der Waals surface area contributed by atoms with Gasteiger partial charge in [0.05, 0.1) is 19.1 Å². The number of hydrogen-bond acceptors (Lipinski definition) is 6. The summed E-state index contributed by atoms with van der Waals surface area (Å²) < 4.78 is 44.0. The lowest BCUT2D eigenvalue weighted by molar-refractivity contribution is 0.174. The van der Waals surface area contributed by atoms with E-state index in [0.717, 1.165) is 48.1 Å². The van der Waals surface area contributed by atoms with Crippen LogP contribution in [0.4, 0.5) is 5.69 Å². The minimum Gasteiger partial charge on any atom is -0.495 e. The second-order valence-corrected chi connectivity index (χ2v) is 9.31. The summed E-state index contributed by atoms with van der Waals surface area (Å²) in [5, 5.41) is 0. The van der Waals surface area contributed by atoms with Gasteiger partial charge < -0.3 is 14.2 Å². The molecule has 3 aliphatic rings. The Hall–Kier alpha value is -2.45. The van der Waals surface area contributed by atoms with Gasteiger partial charge in [0.2, 0.25) is 16.8 Å². The molecule has 0 saturated carbocycles. The molecule has 5 rings (SSSR count). The molecule has 2 aliphatic heterocycles. The summed E-state index contributed by atoms with van der Waals surface area (Å²) in [6.07, 6.45) is 2.86. The standard InChI is InChI=1S/C20H22N2O5S/c1-22-7-6-12-9-15-20(27-10-26-15)18-16(12)13(22)8-11-4-5-14(25-2)19(17(11)18)21-28(3,23)24/h4-5,9,13,21H,6-8,10H2,1-3H3/t13-/m0/s1. The zero-order chi connectivity index (χ0) is 19.6. The molecular weight excluding hydrogens is 380 g/mol. The van der Waals surface area contributed by atoms with Gasteiger partial charge in [-0.3, -0.25) is 9.62 Å². The van der Waals surface area contributed by atoms with Gasteiger partial charge in [0.15, 0.2) is 11.5 Å². The molecule has 1 atom stereocenters. The second-order valence-electron chi connectivity index (χ2n) is 7.56. The molecule has 2 aromatic carbocycles. The summed E-state index contributed by atoms with van der Waals surface area (Å²) >= 11 is 0. The highest BCUT2D eigenvalue weighted by Crippen LogP contribution is 2.56. The molecule has 1 aliphatic carbocycles. The quantitative estimate of drug-likeness (QED) is 0.850. The van der Waals surface area contributed by atoms with E-state index < -0.39 is 10.0 Å². The van der Waals surface area contributed by atoms with Crippen molar-refractivity contribution in [3.05, 3.63) is 34.9 Å². The van der Waals surface area contributed by atoms with Crippen LogP contribution in [-0.2, 0) is 22.9 Å². The van der Waals surface area contributed by atoms with E-state index in [2.05, 4.69) is 22.7 Å². The molecule has 0 fully saturated rings. The first-order chi connectivity index (χ1) is 13.4. The van der Waals surface area contributed by atoms with Crippen molar-refractivity contribution in [2.45, 2.75) is 18.9 Å². The van der Waals surface area contributed by atoms with Gasteiger partial charge in [-0.1, -0.05) is 6.07 Å². The molecule has 2 heterocycles. The Kier molecular flexibility index (Phi) is 3.79. The van der Waals surface area contributed by atoms with Crippen LogP contribution in [0.2, 0.25) is 0 Å². The summed E-state index contributed by atoms with van der Waals surface area (Å²) in [5.41, 5.74) is 5.72. The fourth-order valence-corrected chi connectivity index (χ4v) is 5.20. The summed E-state index contributed by atoms with van der Waals surface area (Å²) in [4.78, 5) is 2.35. The van der Waals surface area contributed by atoms with Crippen LogP contribution in [0.3, 0.4) is 0 Å². The number of anilines is 1. The molecule has 0 spiro atoms.